The number of unbranched alkanes of at least 4 members (excludes halogenated alkanes) is 1. The molecule has 26 heavy (non-hydrogen) atoms. The lowest BCUT2D eigenvalue weighted by atomic mass is 10.1. The fourth-order valence-electron chi connectivity index (χ4n) is 3.08. The Morgan fingerprint density at radius 3 is 2.58 bits per heavy atom. The Hall–Kier alpha value is -2.12. The third-order valence-electron chi connectivity index (χ3n) is 4.56. The van der Waals surface area contributed by atoms with Crippen molar-refractivity contribution in [2.24, 2.45) is 0 Å². The minimum atomic E-state index is -3.65. The lowest BCUT2D eigenvalue weighted by molar-refractivity contribution is 0.279. The first-order valence-corrected chi connectivity index (χ1v) is 10.4. The van der Waals surface area contributed by atoms with Crippen LogP contribution in [0.1, 0.15) is 30.9 Å². The Morgan fingerprint density at radius 2 is 1.92 bits per heavy atom. The van der Waals surface area contributed by atoms with Crippen molar-refractivity contribution in [3.8, 4) is 0 Å². The Labute approximate surface area is 155 Å². The fourth-order valence-corrected chi connectivity index (χ4v) is 4.07. The topological polar surface area (TPSA) is 65.5 Å². The smallest absolute Gasteiger partial charge is 0.263 e. The van der Waals surface area contributed by atoms with E-state index in [1.807, 2.05) is 37.2 Å². The maximum Gasteiger partial charge on any atom is 0.263 e. The van der Waals surface area contributed by atoms with Crippen molar-refractivity contribution in [3.05, 3.63) is 47.7 Å². The molecule has 0 atom stereocenters. The second-order valence-corrected chi connectivity index (χ2v) is 8.58. The third-order valence-corrected chi connectivity index (χ3v) is 5.93. The van der Waals surface area contributed by atoms with Gasteiger partial charge in [-0.05, 0) is 48.4 Å². The van der Waals surface area contributed by atoms with E-state index < -0.39 is 10.0 Å². The van der Waals surface area contributed by atoms with Gasteiger partial charge in [0.15, 0.2) is 0 Å². The number of fused-ring (bicyclic) bond motifs is 1. The van der Waals surface area contributed by atoms with E-state index >= 15 is 0 Å². The maximum atomic E-state index is 12.6. The number of aromatic nitrogens is 1. The number of nitrogens with one attached hydrogen (secondary N) is 1. The third kappa shape index (κ3) is 4.16. The summed E-state index contributed by atoms with van der Waals surface area (Å²) >= 11 is 0. The molecule has 0 unspecified atom stereocenters. The molecule has 0 spiro atoms. The van der Waals surface area contributed by atoms with Crippen molar-refractivity contribution >= 4 is 21.5 Å². The molecule has 1 aliphatic rings. The predicted molar refractivity (Wildman–Crippen MR) is 105 cm³/mol. The molecule has 0 bridgehead atoms. The van der Waals surface area contributed by atoms with E-state index in [-0.39, 0.29) is 4.90 Å². The van der Waals surface area contributed by atoms with E-state index in [1.165, 1.54) is 30.2 Å². The molecular weight excluding hydrogens is 348 g/mol. The summed E-state index contributed by atoms with van der Waals surface area (Å²) in [4.78, 5) is 8.57. The van der Waals surface area contributed by atoms with Crippen LogP contribution in [0.5, 0.6) is 0 Å². The van der Waals surface area contributed by atoms with E-state index in [0.717, 1.165) is 19.6 Å². The summed E-state index contributed by atoms with van der Waals surface area (Å²) < 4.78 is 27.9. The first-order valence-electron chi connectivity index (χ1n) is 8.89. The molecule has 6 nitrogen and oxygen atoms in total. The molecule has 2 heterocycles. The van der Waals surface area contributed by atoms with E-state index in [9.17, 15) is 8.42 Å². The average Bonchev–Trinajstić information content (AvgIpc) is 3.01. The fraction of sp³-hybridized carbons (Fsp3) is 0.421. The molecule has 0 aliphatic carbocycles. The summed E-state index contributed by atoms with van der Waals surface area (Å²) in [5.74, 6) is 0.716. The maximum absolute atomic E-state index is 12.6. The molecule has 0 saturated heterocycles. The first-order chi connectivity index (χ1) is 12.4. The molecule has 1 aliphatic heterocycles. The van der Waals surface area contributed by atoms with Crippen molar-refractivity contribution in [2.75, 3.05) is 30.3 Å². The molecule has 7 heteroatoms. The summed E-state index contributed by atoms with van der Waals surface area (Å²) in [5.41, 5.74) is 3.07. The molecule has 1 aromatic carbocycles. The molecule has 0 fully saturated rings. The number of hydrogen-bond donors (Lipinski definition) is 1. The number of sulfonamides is 1. The standard InChI is InChI=1S/C19H26N4O2S/c1-4-5-10-23-13-15-6-7-17(11-16(15)14-23)21-26(24,25)18-8-9-19(20-12-18)22(2)3/h6-9,11-12,21H,4-5,10,13-14H2,1-3H3. The van der Waals surface area contributed by atoms with Crippen molar-refractivity contribution in [1.82, 2.24) is 9.88 Å². The Morgan fingerprint density at radius 1 is 1.15 bits per heavy atom. The normalized spacial score (nSPS) is 14.3. The molecular formula is C19H26N4O2S. The highest BCUT2D eigenvalue weighted by Crippen LogP contribution is 2.27. The van der Waals surface area contributed by atoms with Gasteiger partial charge in [-0.3, -0.25) is 9.62 Å². The van der Waals surface area contributed by atoms with Gasteiger partial charge in [0.1, 0.15) is 10.7 Å². The quantitative estimate of drug-likeness (QED) is 0.807. The largest absolute Gasteiger partial charge is 0.363 e. The van der Waals surface area contributed by atoms with Crippen LogP contribution < -0.4 is 9.62 Å². The first kappa shape index (κ1) is 18.7. The zero-order chi connectivity index (χ0) is 18.7. The van der Waals surface area contributed by atoms with Gasteiger partial charge in [-0.1, -0.05) is 19.4 Å². The van der Waals surface area contributed by atoms with Crippen LogP contribution in [0.15, 0.2) is 41.4 Å². The zero-order valence-electron chi connectivity index (χ0n) is 15.6. The van der Waals surface area contributed by atoms with Crippen LogP contribution in [0.2, 0.25) is 0 Å². The van der Waals surface area contributed by atoms with Gasteiger partial charge >= 0.3 is 0 Å². The monoisotopic (exact) mass is 374 g/mol. The molecule has 0 amide bonds. The van der Waals surface area contributed by atoms with Crippen LogP contribution in [0.25, 0.3) is 0 Å². The van der Waals surface area contributed by atoms with Gasteiger partial charge in [-0.25, -0.2) is 13.4 Å². The van der Waals surface area contributed by atoms with Crippen LogP contribution in [-0.2, 0) is 23.1 Å². The van der Waals surface area contributed by atoms with Gasteiger partial charge in [0, 0.05) is 39.1 Å². The van der Waals surface area contributed by atoms with Crippen LogP contribution in [-0.4, -0.2) is 38.9 Å². The van der Waals surface area contributed by atoms with Crippen LogP contribution in [0.3, 0.4) is 0 Å². The van der Waals surface area contributed by atoms with Gasteiger partial charge in [-0.15, -0.1) is 0 Å². The van der Waals surface area contributed by atoms with Crippen molar-refractivity contribution in [2.45, 2.75) is 37.8 Å². The minimum absolute atomic E-state index is 0.160. The minimum Gasteiger partial charge on any atom is -0.363 e. The van der Waals surface area contributed by atoms with Crippen molar-refractivity contribution in [1.29, 1.82) is 0 Å². The van der Waals surface area contributed by atoms with E-state index in [4.69, 9.17) is 0 Å². The Bertz CT molecular complexity index is 864. The van der Waals surface area contributed by atoms with Gasteiger partial charge in [0.2, 0.25) is 0 Å². The highest BCUT2D eigenvalue weighted by molar-refractivity contribution is 7.92. The van der Waals surface area contributed by atoms with E-state index in [2.05, 4.69) is 21.5 Å². The average molecular weight is 375 g/mol. The molecule has 140 valence electrons. The van der Waals surface area contributed by atoms with E-state index in [0.29, 0.717) is 11.5 Å². The van der Waals surface area contributed by atoms with Crippen LogP contribution in [0, 0.1) is 0 Å². The van der Waals surface area contributed by atoms with Gasteiger partial charge in [-0.2, -0.15) is 0 Å². The second-order valence-electron chi connectivity index (χ2n) is 6.90. The second kappa shape index (κ2) is 7.63. The summed E-state index contributed by atoms with van der Waals surface area (Å²) in [7, 11) is 0.0828. The SMILES string of the molecule is CCCCN1Cc2ccc(NS(=O)(=O)c3ccc(N(C)C)nc3)cc2C1. The zero-order valence-corrected chi connectivity index (χ0v) is 16.4. The lowest BCUT2D eigenvalue weighted by Gasteiger charge is -2.13. The lowest BCUT2D eigenvalue weighted by Crippen LogP contribution is -2.17. The molecule has 2 aromatic rings. The number of nitrogens with zero attached hydrogens (tertiary/aromatic N) is 3. The van der Waals surface area contributed by atoms with Crippen molar-refractivity contribution < 1.29 is 8.42 Å². The number of anilines is 2. The molecule has 3 rings (SSSR count). The van der Waals surface area contributed by atoms with Gasteiger partial charge in [0.05, 0.1) is 0 Å². The van der Waals surface area contributed by atoms with Crippen LogP contribution >= 0.6 is 0 Å². The molecule has 0 saturated carbocycles. The predicted octanol–water partition coefficient (Wildman–Crippen LogP) is 3.06. The number of benzene rings is 1. The van der Waals surface area contributed by atoms with Gasteiger partial charge in [0.25, 0.3) is 10.0 Å². The Balaban J connectivity index is 1.73. The highest BCUT2D eigenvalue weighted by atomic mass is 32.2. The highest BCUT2D eigenvalue weighted by Gasteiger charge is 2.20. The number of hydrogen-bond acceptors (Lipinski definition) is 5. The van der Waals surface area contributed by atoms with Crippen LogP contribution in [0.4, 0.5) is 11.5 Å². The molecule has 1 aromatic heterocycles. The van der Waals surface area contributed by atoms with Crippen molar-refractivity contribution in [3.63, 3.8) is 0 Å². The molecule has 0 radical (unpaired) electrons. The number of rotatable bonds is 7. The summed E-state index contributed by atoms with van der Waals surface area (Å²) in [6.07, 6.45) is 3.75. The molecule has 1 N–H and O–H groups in total. The summed E-state index contributed by atoms with van der Waals surface area (Å²) in [6.45, 7) is 5.09. The van der Waals surface area contributed by atoms with E-state index in [1.54, 1.807) is 12.1 Å². The van der Waals surface area contributed by atoms with Gasteiger partial charge < -0.3 is 4.90 Å². The summed E-state index contributed by atoms with van der Waals surface area (Å²) in [6, 6.07) is 9.07. The summed E-state index contributed by atoms with van der Waals surface area (Å²) in [5, 5.41) is 0. The Kier molecular flexibility index (Phi) is 5.48. The number of pyridine rings is 1.